The minimum Gasteiger partial charge on any atom is -0.459 e. The van der Waals surface area contributed by atoms with Crippen LogP contribution in [-0.2, 0) is 25.6 Å². The van der Waals surface area contributed by atoms with Crippen LogP contribution in [0.5, 0.6) is 0 Å². The van der Waals surface area contributed by atoms with Gasteiger partial charge in [-0.2, -0.15) is 0 Å². The summed E-state index contributed by atoms with van der Waals surface area (Å²) in [5.41, 5.74) is 14.5. The number of hydrogen-bond donors (Lipinski definition) is 2. The zero-order chi connectivity index (χ0) is 25.8. The highest BCUT2D eigenvalue weighted by Gasteiger charge is 2.24. The molecule has 3 rings (SSSR count). The number of anilines is 2. The Morgan fingerprint density at radius 2 is 1.61 bits per heavy atom. The molecule has 0 radical (unpaired) electrons. The van der Waals surface area contributed by atoms with Crippen molar-refractivity contribution < 1.29 is 23.8 Å². The number of unbranched alkanes of at least 4 members (excludes halogenated alkanes) is 2. The van der Waals surface area contributed by atoms with Crippen LogP contribution in [0.1, 0.15) is 66.4 Å². The molecule has 0 heterocycles. The van der Waals surface area contributed by atoms with Crippen molar-refractivity contribution in [1.29, 1.82) is 0 Å². The highest BCUT2D eigenvalue weighted by Crippen LogP contribution is 2.25. The Morgan fingerprint density at radius 3 is 2.28 bits per heavy atom. The maximum absolute atomic E-state index is 12.5. The van der Waals surface area contributed by atoms with Crippen molar-refractivity contribution in [3.05, 3.63) is 77.9 Å². The molecule has 0 amide bonds. The molecule has 0 aliphatic heterocycles. The third kappa shape index (κ3) is 9.23. The van der Waals surface area contributed by atoms with Crippen molar-refractivity contribution in [3.8, 4) is 0 Å². The second-order valence-corrected chi connectivity index (χ2v) is 9.03. The topological polar surface area (TPSA) is 114 Å². The van der Waals surface area contributed by atoms with E-state index in [1.54, 1.807) is 48.5 Å². The second kappa shape index (κ2) is 14.1. The van der Waals surface area contributed by atoms with Crippen molar-refractivity contribution in [2.45, 2.75) is 63.8 Å². The Bertz CT molecular complexity index is 1020. The average molecular weight is 493 g/mol. The largest absolute Gasteiger partial charge is 0.459 e. The van der Waals surface area contributed by atoms with E-state index in [0.717, 1.165) is 62.7 Å². The third-order valence-electron chi connectivity index (χ3n) is 6.03. The molecular formula is C29H36N2O5. The Balaban J connectivity index is 1.38. The van der Waals surface area contributed by atoms with Crippen molar-refractivity contribution in [2.75, 3.05) is 18.1 Å². The molecule has 0 spiro atoms. The highest BCUT2D eigenvalue weighted by atomic mass is 16.5. The fourth-order valence-electron chi connectivity index (χ4n) is 4.10. The number of benzene rings is 2. The Kier molecular flexibility index (Phi) is 10.6. The number of nitrogens with two attached hydrogens (primary N) is 2. The minimum atomic E-state index is -0.490. The maximum atomic E-state index is 12.5. The van der Waals surface area contributed by atoms with E-state index in [9.17, 15) is 9.59 Å². The average Bonchev–Trinajstić information content (AvgIpc) is 2.87. The van der Waals surface area contributed by atoms with Crippen molar-refractivity contribution >= 4 is 29.4 Å². The number of carbonyl (C=O) groups excluding carboxylic acids is 2. The SMILES string of the molecule is C=CCCCCOC1CCC(OC(=O)c2ccc(/C=C/C(=O)OCc3cc(N)cc(N)c3)cc2)CC1. The van der Waals surface area contributed by atoms with Gasteiger partial charge in [0.25, 0.3) is 0 Å². The molecule has 1 saturated carbocycles. The summed E-state index contributed by atoms with van der Waals surface area (Å²) in [5, 5.41) is 0. The van der Waals surface area contributed by atoms with Gasteiger partial charge in [-0.15, -0.1) is 6.58 Å². The molecule has 2 aromatic carbocycles. The fraction of sp³-hybridized carbons (Fsp3) is 0.379. The summed E-state index contributed by atoms with van der Waals surface area (Å²) in [4.78, 5) is 24.6. The van der Waals surface area contributed by atoms with Crippen LogP contribution in [0.2, 0.25) is 0 Å². The first-order valence-corrected chi connectivity index (χ1v) is 12.5. The molecule has 0 bridgehead atoms. The van der Waals surface area contributed by atoms with Gasteiger partial charge in [0, 0.05) is 24.1 Å². The van der Waals surface area contributed by atoms with Crippen LogP contribution < -0.4 is 11.5 Å². The quantitative estimate of drug-likeness (QED) is 0.133. The highest BCUT2D eigenvalue weighted by molar-refractivity contribution is 5.90. The molecule has 0 atom stereocenters. The van der Waals surface area contributed by atoms with E-state index in [1.165, 1.54) is 6.08 Å². The monoisotopic (exact) mass is 492 g/mol. The standard InChI is InChI=1S/C29H36N2O5/c1-2-3-4-5-16-34-26-11-13-27(14-12-26)36-29(33)23-9-6-21(7-10-23)8-15-28(32)35-20-22-17-24(30)19-25(31)18-22/h2,6-10,15,17-19,26-27H,1,3-5,11-14,16,20,30-31H2/b15-8+. The molecule has 0 aromatic heterocycles. The van der Waals surface area contributed by atoms with E-state index in [0.29, 0.717) is 16.9 Å². The van der Waals surface area contributed by atoms with Gasteiger partial charge in [0.15, 0.2) is 0 Å². The van der Waals surface area contributed by atoms with Gasteiger partial charge in [0.05, 0.1) is 11.7 Å². The predicted octanol–water partition coefficient (Wildman–Crippen LogP) is 5.45. The summed E-state index contributed by atoms with van der Waals surface area (Å²) in [6.07, 6.45) is 11.7. The summed E-state index contributed by atoms with van der Waals surface area (Å²) in [6, 6.07) is 12.0. The Labute approximate surface area is 213 Å². The summed E-state index contributed by atoms with van der Waals surface area (Å²) < 4.78 is 16.9. The second-order valence-electron chi connectivity index (χ2n) is 9.03. The van der Waals surface area contributed by atoms with Gasteiger partial charge in [-0.1, -0.05) is 18.2 Å². The van der Waals surface area contributed by atoms with Crippen LogP contribution in [0.15, 0.2) is 61.2 Å². The zero-order valence-corrected chi connectivity index (χ0v) is 20.7. The van der Waals surface area contributed by atoms with Gasteiger partial charge in [-0.05, 0) is 92.5 Å². The number of esters is 2. The maximum Gasteiger partial charge on any atom is 0.338 e. The number of allylic oxidation sites excluding steroid dienone is 1. The minimum absolute atomic E-state index is 0.0764. The summed E-state index contributed by atoms with van der Waals surface area (Å²) >= 11 is 0. The number of ether oxygens (including phenoxy) is 3. The van der Waals surface area contributed by atoms with Crippen molar-refractivity contribution in [3.63, 3.8) is 0 Å². The zero-order valence-electron chi connectivity index (χ0n) is 20.7. The van der Waals surface area contributed by atoms with Crippen LogP contribution in [-0.4, -0.2) is 30.8 Å². The predicted molar refractivity (Wildman–Crippen MR) is 142 cm³/mol. The van der Waals surface area contributed by atoms with Gasteiger partial charge in [0.1, 0.15) is 12.7 Å². The van der Waals surface area contributed by atoms with Crippen molar-refractivity contribution in [2.24, 2.45) is 0 Å². The number of nitrogen functional groups attached to an aromatic ring is 2. The van der Waals surface area contributed by atoms with Gasteiger partial charge in [0.2, 0.25) is 0 Å². The van der Waals surface area contributed by atoms with Crippen LogP contribution in [0.4, 0.5) is 11.4 Å². The van der Waals surface area contributed by atoms with Gasteiger partial charge in [-0.25, -0.2) is 9.59 Å². The normalized spacial score (nSPS) is 17.6. The number of carbonyl (C=O) groups is 2. The first-order chi connectivity index (χ1) is 17.4. The first-order valence-electron chi connectivity index (χ1n) is 12.5. The lowest BCUT2D eigenvalue weighted by Gasteiger charge is -2.28. The first kappa shape index (κ1) is 27.0. The molecule has 2 aromatic rings. The van der Waals surface area contributed by atoms with Gasteiger partial charge in [-0.3, -0.25) is 0 Å². The lowest BCUT2D eigenvalue weighted by molar-refractivity contribution is -0.138. The molecule has 0 unspecified atom stereocenters. The van der Waals surface area contributed by atoms with E-state index in [4.69, 9.17) is 25.7 Å². The summed E-state index contributed by atoms with van der Waals surface area (Å²) in [6.45, 7) is 4.58. The van der Waals surface area contributed by atoms with E-state index in [-0.39, 0.29) is 24.8 Å². The Hall–Kier alpha value is -3.58. The van der Waals surface area contributed by atoms with Crippen LogP contribution in [0.3, 0.4) is 0 Å². The molecule has 1 aliphatic carbocycles. The summed E-state index contributed by atoms with van der Waals surface area (Å²) in [7, 11) is 0. The molecule has 36 heavy (non-hydrogen) atoms. The number of hydrogen-bond acceptors (Lipinski definition) is 7. The summed E-state index contributed by atoms with van der Waals surface area (Å²) in [5.74, 6) is -0.823. The molecular weight excluding hydrogens is 456 g/mol. The number of rotatable bonds is 12. The lowest BCUT2D eigenvalue weighted by Crippen LogP contribution is -2.28. The molecule has 0 saturated heterocycles. The Morgan fingerprint density at radius 1 is 0.944 bits per heavy atom. The molecule has 4 N–H and O–H groups in total. The smallest absolute Gasteiger partial charge is 0.338 e. The molecule has 1 aliphatic rings. The van der Waals surface area contributed by atoms with E-state index < -0.39 is 5.97 Å². The van der Waals surface area contributed by atoms with E-state index in [1.807, 2.05) is 6.08 Å². The van der Waals surface area contributed by atoms with Crippen molar-refractivity contribution in [1.82, 2.24) is 0 Å². The lowest BCUT2D eigenvalue weighted by atomic mass is 9.95. The van der Waals surface area contributed by atoms with Crippen LogP contribution in [0.25, 0.3) is 6.08 Å². The molecule has 1 fully saturated rings. The third-order valence-corrected chi connectivity index (χ3v) is 6.03. The molecule has 192 valence electrons. The van der Waals surface area contributed by atoms with Gasteiger partial charge < -0.3 is 25.7 Å². The van der Waals surface area contributed by atoms with Crippen LogP contribution in [0, 0.1) is 0 Å². The van der Waals surface area contributed by atoms with E-state index in [2.05, 4.69) is 6.58 Å². The van der Waals surface area contributed by atoms with Crippen LogP contribution >= 0.6 is 0 Å². The molecule has 7 heteroatoms. The van der Waals surface area contributed by atoms with E-state index >= 15 is 0 Å². The fourth-order valence-corrected chi connectivity index (χ4v) is 4.10. The molecule has 7 nitrogen and oxygen atoms in total. The van der Waals surface area contributed by atoms with Gasteiger partial charge >= 0.3 is 11.9 Å².